The van der Waals surface area contributed by atoms with Crippen LogP contribution in [0.4, 0.5) is 0 Å². The van der Waals surface area contributed by atoms with Crippen molar-refractivity contribution in [2.75, 3.05) is 0 Å². The lowest BCUT2D eigenvalue weighted by molar-refractivity contribution is -0.130. The lowest BCUT2D eigenvalue weighted by Crippen LogP contribution is -2.64. The van der Waals surface area contributed by atoms with E-state index >= 15 is 0 Å². The van der Waals surface area contributed by atoms with Crippen molar-refractivity contribution in [2.24, 2.45) is 29.6 Å². The van der Waals surface area contributed by atoms with E-state index in [-0.39, 0.29) is 47.6 Å². The van der Waals surface area contributed by atoms with Crippen LogP contribution < -0.4 is 0 Å². The number of carbonyl (C=O) groups is 1. The zero-order valence-corrected chi connectivity index (χ0v) is 13.0. The van der Waals surface area contributed by atoms with Crippen molar-refractivity contribution in [2.45, 2.75) is 31.2 Å². The molecule has 0 aromatic heterocycles. The molecule has 0 aromatic rings. The number of epoxide rings is 1. The molecule has 5 saturated carbocycles. The second-order valence-corrected chi connectivity index (χ2v) is 9.95. The zero-order valence-electron chi connectivity index (χ0n) is 9.25. The zero-order chi connectivity index (χ0) is 13.3. The predicted molar refractivity (Wildman–Crippen MR) is 71.3 cm³/mol. The molecule has 7 heteroatoms. The molecule has 0 aromatic carbocycles. The molecule has 10 atom stereocenters. The number of rotatable bonds is 0. The number of hydrogen-bond donors (Lipinski definition) is 0. The number of ether oxygens (including phenoxy) is 1. The molecule has 102 valence electrons. The van der Waals surface area contributed by atoms with Gasteiger partial charge in [-0.1, -0.05) is 23.2 Å². The molecule has 19 heavy (non-hydrogen) atoms. The van der Waals surface area contributed by atoms with Crippen molar-refractivity contribution in [3.63, 3.8) is 0 Å². The van der Waals surface area contributed by atoms with Gasteiger partial charge in [-0.2, -0.15) is 0 Å². The highest BCUT2D eigenvalue weighted by Gasteiger charge is 3.05. The fraction of sp³-hybridized carbons (Fsp3) is 0.917. The summed E-state index contributed by atoms with van der Waals surface area (Å²) in [6.45, 7) is 0. The maximum atomic E-state index is 12.8. The monoisotopic (exact) mass is 358 g/mol. The Kier molecular flexibility index (Phi) is 1.52. The molecule has 0 radical (unpaired) electrons. The normalized spacial score (nSPS) is 79.2. The topological polar surface area (TPSA) is 29.6 Å². The summed E-state index contributed by atoms with van der Waals surface area (Å²) in [4.78, 5) is 9.09. The van der Waals surface area contributed by atoms with Crippen LogP contribution in [0.5, 0.6) is 0 Å². The largest absolute Gasteiger partial charge is 0.369 e. The van der Waals surface area contributed by atoms with Crippen LogP contribution in [0.3, 0.4) is 0 Å². The maximum absolute atomic E-state index is 12.8. The average Bonchev–Trinajstić information content (AvgIpc) is 2.89. The van der Waals surface area contributed by atoms with Crippen molar-refractivity contribution < 1.29 is 9.53 Å². The fourth-order valence-corrected chi connectivity index (χ4v) is 9.68. The van der Waals surface area contributed by atoms with Gasteiger partial charge in [-0.15, -0.1) is 34.8 Å². The van der Waals surface area contributed by atoms with E-state index in [0.29, 0.717) is 0 Å². The molecule has 4 unspecified atom stereocenters. The van der Waals surface area contributed by atoms with E-state index in [1.165, 1.54) is 0 Å². The minimum Gasteiger partial charge on any atom is -0.369 e. The van der Waals surface area contributed by atoms with Gasteiger partial charge in [0.1, 0.15) is 14.6 Å². The number of carbonyl (C=O) groups excluding carboxylic acids is 1. The van der Waals surface area contributed by atoms with E-state index in [1.54, 1.807) is 0 Å². The Balaban J connectivity index is 1.78. The van der Waals surface area contributed by atoms with E-state index < -0.39 is 19.0 Å². The first kappa shape index (κ1) is 11.6. The van der Waals surface area contributed by atoms with Gasteiger partial charge in [-0.3, -0.25) is 4.79 Å². The predicted octanol–water partition coefficient (Wildman–Crippen LogP) is 2.58. The van der Waals surface area contributed by atoms with Gasteiger partial charge in [-0.25, -0.2) is 0 Å². The Hall–Kier alpha value is 1.08. The Morgan fingerprint density at radius 2 is 1.42 bits per heavy atom. The SMILES string of the molecule is O=C1[C@@]2(Cl)C3C4C5[C@H](C6O[C@H]46)[C@@H]3[C@@](Cl)(C2(Cl)Cl)[C@@]15Cl. The highest BCUT2D eigenvalue weighted by molar-refractivity contribution is 6.69. The molecule has 6 bridgehead atoms. The van der Waals surface area contributed by atoms with Crippen molar-refractivity contribution in [3.05, 3.63) is 0 Å². The van der Waals surface area contributed by atoms with Gasteiger partial charge in [-0.05, 0) is 29.6 Å². The minimum absolute atomic E-state index is 0.00406. The standard InChI is InChI=1S/C12H7Cl5O2/c13-9-3-1-4-5(2(3)7-6(1)19-7)11(9,15)12(16,17)10(4,14)8(9)18/h1-7H/t1?,2-,3?,4?,5-,6+,7?,9-,10-,11-/m0/s1. The fourth-order valence-electron chi connectivity index (χ4n) is 6.58. The summed E-state index contributed by atoms with van der Waals surface area (Å²) in [7, 11) is 0. The van der Waals surface area contributed by atoms with Crippen LogP contribution in [0.25, 0.3) is 0 Å². The first-order chi connectivity index (χ1) is 8.75. The molecule has 6 fully saturated rings. The van der Waals surface area contributed by atoms with Crippen LogP contribution >= 0.6 is 58.0 Å². The van der Waals surface area contributed by atoms with Crippen LogP contribution in [0.2, 0.25) is 0 Å². The molecule has 1 saturated heterocycles. The van der Waals surface area contributed by atoms with Gasteiger partial charge in [0, 0.05) is 0 Å². The quantitative estimate of drug-likeness (QED) is 0.491. The number of Topliss-reactive ketones (excluding diaryl/α,β-unsaturated/α-hetero) is 1. The van der Waals surface area contributed by atoms with E-state index in [4.69, 9.17) is 62.7 Å². The second kappa shape index (κ2) is 2.49. The summed E-state index contributed by atoms with van der Waals surface area (Å²) in [6.07, 6.45) is 0.369. The molecule has 6 rings (SSSR count). The first-order valence-electron chi connectivity index (χ1n) is 6.40. The molecule has 0 N–H and O–H groups in total. The van der Waals surface area contributed by atoms with Gasteiger partial charge in [0.15, 0.2) is 10.1 Å². The molecule has 1 aliphatic heterocycles. The van der Waals surface area contributed by atoms with E-state index in [1.807, 2.05) is 0 Å². The van der Waals surface area contributed by atoms with Crippen LogP contribution in [-0.2, 0) is 9.53 Å². The van der Waals surface area contributed by atoms with Crippen molar-refractivity contribution >= 4 is 63.8 Å². The van der Waals surface area contributed by atoms with Gasteiger partial charge < -0.3 is 4.74 Å². The third-order valence-electron chi connectivity index (χ3n) is 6.85. The van der Waals surface area contributed by atoms with Gasteiger partial charge in [0.25, 0.3) is 0 Å². The van der Waals surface area contributed by atoms with Crippen LogP contribution in [0.15, 0.2) is 0 Å². The molecular weight excluding hydrogens is 353 g/mol. The molecule has 1 heterocycles. The number of fused-ring (bicyclic) bond motifs is 5. The number of alkyl halides is 5. The van der Waals surface area contributed by atoms with Crippen molar-refractivity contribution in [1.82, 2.24) is 0 Å². The Morgan fingerprint density at radius 1 is 0.842 bits per heavy atom. The average molecular weight is 360 g/mol. The van der Waals surface area contributed by atoms with Gasteiger partial charge in [0.05, 0.1) is 12.2 Å². The molecule has 0 spiro atoms. The molecule has 6 aliphatic rings. The lowest BCUT2D eigenvalue weighted by Gasteiger charge is -2.49. The smallest absolute Gasteiger partial charge is 0.180 e. The number of halogens is 5. The molecule has 2 nitrogen and oxygen atoms in total. The molecule has 0 amide bonds. The highest BCUT2D eigenvalue weighted by atomic mass is 35.5. The number of ketones is 1. The van der Waals surface area contributed by atoms with Crippen LogP contribution in [0, 0.1) is 29.6 Å². The van der Waals surface area contributed by atoms with Crippen LogP contribution in [0.1, 0.15) is 0 Å². The molecule has 5 aliphatic carbocycles. The highest BCUT2D eigenvalue weighted by Crippen LogP contribution is 2.93. The van der Waals surface area contributed by atoms with Crippen LogP contribution in [-0.4, -0.2) is 36.9 Å². The first-order valence-corrected chi connectivity index (χ1v) is 8.29. The van der Waals surface area contributed by atoms with Gasteiger partial charge >= 0.3 is 0 Å². The Bertz CT molecular complexity index is 599. The Morgan fingerprint density at radius 3 is 2.05 bits per heavy atom. The summed E-state index contributed by atoms with van der Waals surface area (Å²) < 4.78 is 4.20. The third-order valence-corrected chi connectivity index (χ3v) is 10.8. The summed E-state index contributed by atoms with van der Waals surface area (Å²) >= 11 is 33.3. The summed E-state index contributed by atoms with van der Waals surface area (Å²) in [5.41, 5.74) is 0. The summed E-state index contributed by atoms with van der Waals surface area (Å²) in [6, 6.07) is 0. The molecular formula is C12H7Cl5O2. The Labute approximate surface area is 134 Å². The lowest BCUT2D eigenvalue weighted by atomic mass is 9.62. The third kappa shape index (κ3) is 0.656. The number of hydrogen-bond acceptors (Lipinski definition) is 2. The van der Waals surface area contributed by atoms with Gasteiger partial charge in [0.2, 0.25) is 0 Å². The van der Waals surface area contributed by atoms with E-state index in [0.717, 1.165) is 0 Å². The van der Waals surface area contributed by atoms with E-state index in [2.05, 4.69) is 0 Å². The summed E-state index contributed by atoms with van der Waals surface area (Å²) in [5, 5.41) is 0. The maximum Gasteiger partial charge on any atom is 0.180 e. The van der Waals surface area contributed by atoms with Crippen molar-refractivity contribution in [3.8, 4) is 0 Å². The summed E-state index contributed by atoms with van der Waals surface area (Å²) in [5.74, 6) is 0.0702. The second-order valence-electron chi connectivity index (χ2n) is 6.84. The minimum atomic E-state index is -1.50. The van der Waals surface area contributed by atoms with E-state index in [9.17, 15) is 4.79 Å². The van der Waals surface area contributed by atoms with Crippen molar-refractivity contribution in [1.29, 1.82) is 0 Å².